The molecular formula is C35H25N5O. The smallest absolute Gasteiger partial charge is 0.248 e. The molecule has 5 aromatic carbocycles. The Balaban J connectivity index is 1.22. The molecule has 2 heterocycles. The second kappa shape index (κ2) is 10.5. The number of para-hydroxylation sites is 3. The molecule has 41 heavy (non-hydrogen) atoms. The lowest BCUT2D eigenvalue weighted by Gasteiger charge is -2.25. The van der Waals surface area contributed by atoms with Crippen LogP contribution in [0.2, 0.25) is 0 Å². The van der Waals surface area contributed by atoms with Gasteiger partial charge in [-0.15, -0.1) is 10.2 Å². The molecule has 196 valence electrons. The Labute approximate surface area is 237 Å². The largest absolute Gasteiger partial charge is 0.416 e. The Bertz CT molecular complexity index is 1930. The molecule has 7 aromatic rings. The molecule has 2 aromatic heterocycles. The first-order valence-electron chi connectivity index (χ1n) is 13.4. The average Bonchev–Trinajstić information content (AvgIpc) is 3.53. The van der Waals surface area contributed by atoms with Crippen molar-refractivity contribution in [2.45, 2.75) is 6.92 Å². The molecule has 6 nitrogen and oxygen atoms in total. The lowest BCUT2D eigenvalue weighted by molar-refractivity contribution is 0.584. The number of rotatable bonds is 6. The Morgan fingerprint density at radius 3 is 1.54 bits per heavy atom. The van der Waals surface area contributed by atoms with Gasteiger partial charge < -0.3 is 9.32 Å². The third-order valence-electron chi connectivity index (χ3n) is 6.98. The fourth-order valence-corrected chi connectivity index (χ4v) is 4.94. The third kappa shape index (κ3) is 4.83. The molecule has 0 amide bonds. The van der Waals surface area contributed by atoms with Gasteiger partial charge in [-0.05, 0) is 79.7 Å². The SMILES string of the molecule is Cc1nc2ccccc2nc1-c1ccc(N(c2ccccc2)c2ccc(-c3nnc(-c4ccccc4)o3)cc2)cc1. The van der Waals surface area contributed by atoms with Gasteiger partial charge in [0.2, 0.25) is 11.8 Å². The van der Waals surface area contributed by atoms with Crippen LogP contribution in [0.15, 0.2) is 138 Å². The van der Waals surface area contributed by atoms with Crippen molar-refractivity contribution in [2.75, 3.05) is 4.90 Å². The molecule has 0 saturated carbocycles. The first kappa shape index (κ1) is 24.4. The van der Waals surface area contributed by atoms with Gasteiger partial charge in [-0.25, -0.2) is 9.97 Å². The normalized spacial score (nSPS) is 11.0. The molecule has 0 bridgehead atoms. The lowest BCUT2D eigenvalue weighted by atomic mass is 10.1. The van der Waals surface area contributed by atoms with Crippen LogP contribution in [0.3, 0.4) is 0 Å². The van der Waals surface area contributed by atoms with Crippen LogP contribution in [0.25, 0.3) is 45.2 Å². The van der Waals surface area contributed by atoms with Crippen molar-refractivity contribution >= 4 is 28.1 Å². The molecule has 0 aliphatic carbocycles. The fraction of sp³-hybridized carbons (Fsp3) is 0.0286. The van der Waals surface area contributed by atoms with E-state index in [1.165, 1.54) is 0 Å². The summed E-state index contributed by atoms with van der Waals surface area (Å²) in [7, 11) is 0. The van der Waals surface area contributed by atoms with Gasteiger partial charge in [-0.1, -0.05) is 60.7 Å². The zero-order valence-electron chi connectivity index (χ0n) is 22.3. The minimum absolute atomic E-state index is 0.484. The zero-order chi connectivity index (χ0) is 27.6. The number of fused-ring (bicyclic) bond motifs is 1. The van der Waals surface area contributed by atoms with E-state index in [1.54, 1.807) is 0 Å². The van der Waals surface area contributed by atoms with Crippen LogP contribution < -0.4 is 4.90 Å². The third-order valence-corrected chi connectivity index (χ3v) is 6.98. The Morgan fingerprint density at radius 1 is 0.463 bits per heavy atom. The van der Waals surface area contributed by atoms with E-state index < -0.39 is 0 Å². The molecule has 0 N–H and O–H groups in total. The van der Waals surface area contributed by atoms with Crippen LogP contribution in [0, 0.1) is 6.92 Å². The topological polar surface area (TPSA) is 67.9 Å². The average molecular weight is 532 g/mol. The fourth-order valence-electron chi connectivity index (χ4n) is 4.94. The van der Waals surface area contributed by atoms with Crippen molar-refractivity contribution in [1.82, 2.24) is 20.2 Å². The summed E-state index contributed by atoms with van der Waals surface area (Å²) in [5.41, 5.74) is 9.46. The van der Waals surface area contributed by atoms with E-state index in [0.717, 1.165) is 56.2 Å². The maximum absolute atomic E-state index is 5.97. The van der Waals surface area contributed by atoms with Crippen LogP contribution in [0.4, 0.5) is 17.1 Å². The maximum Gasteiger partial charge on any atom is 0.248 e. The van der Waals surface area contributed by atoms with Gasteiger partial charge >= 0.3 is 0 Å². The molecule has 0 atom stereocenters. The molecule has 0 radical (unpaired) electrons. The summed E-state index contributed by atoms with van der Waals surface area (Å²) >= 11 is 0. The van der Waals surface area contributed by atoms with E-state index in [2.05, 4.69) is 63.6 Å². The standard InChI is InChI=1S/C35H25N5O/c1-24-33(37-32-15-9-8-14-31(32)36-24)25-16-20-29(21-17-25)40(28-12-6-3-7-13-28)30-22-18-27(19-23-30)35-39-38-34(41-35)26-10-4-2-5-11-26/h2-23H,1H3. The summed E-state index contributed by atoms with van der Waals surface area (Å²) in [6.45, 7) is 2.01. The highest BCUT2D eigenvalue weighted by molar-refractivity contribution is 5.81. The predicted octanol–water partition coefficient (Wildman–Crippen LogP) is 8.79. The van der Waals surface area contributed by atoms with E-state index in [-0.39, 0.29) is 0 Å². The number of aryl methyl sites for hydroxylation is 1. The van der Waals surface area contributed by atoms with E-state index in [4.69, 9.17) is 14.4 Å². The molecule has 0 unspecified atom stereocenters. The highest BCUT2D eigenvalue weighted by Gasteiger charge is 2.16. The van der Waals surface area contributed by atoms with E-state index in [0.29, 0.717) is 11.8 Å². The van der Waals surface area contributed by atoms with E-state index >= 15 is 0 Å². The van der Waals surface area contributed by atoms with Crippen molar-refractivity contribution in [3.05, 3.63) is 139 Å². The summed E-state index contributed by atoms with van der Waals surface area (Å²) in [5, 5.41) is 8.51. The van der Waals surface area contributed by atoms with Gasteiger partial charge in [0.15, 0.2) is 0 Å². The molecule has 0 spiro atoms. The zero-order valence-corrected chi connectivity index (χ0v) is 22.3. The van der Waals surface area contributed by atoms with Crippen LogP contribution in [0.5, 0.6) is 0 Å². The summed E-state index contributed by atoms with van der Waals surface area (Å²) in [6, 6.07) is 44.7. The lowest BCUT2D eigenvalue weighted by Crippen LogP contribution is -2.09. The van der Waals surface area contributed by atoms with E-state index in [9.17, 15) is 0 Å². The minimum atomic E-state index is 0.484. The molecule has 0 saturated heterocycles. The van der Waals surface area contributed by atoms with Gasteiger partial charge in [0, 0.05) is 33.8 Å². The van der Waals surface area contributed by atoms with Gasteiger partial charge in [-0.3, -0.25) is 0 Å². The Hall–Kier alpha value is -5.62. The molecular weight excluding hydrogens is 506 g/mol. The monoisotopic (exact) mass is 531 g/mol. The number of hydrogen-bond donors (Lipinski definition) is 0. The van der Waals surface area contributed by atoms with Crippen molar-refractivity contribution in [2.24, 2.45) is 0 Å². The number of nitrogens with zero attached hydrogens (tertiary/aromatic N) is 5. The minimum Gasteiger partial charge on any atom is -0.416 e. The first-order valence-corrected chi connectivity index (χ1v) is 13.4. The van der Waals surface area contributed by atoms with Gasteiger partial charge in [-0.2, -0.15) is 0 Å². The summed E-state index contributed by atoms with van der Waals surface area (Å²) in [4.78, 5) is 11.9. The van der Waals surface area contributed by atoms with E-state index in [1.807, 2.05) is 91.9 Å². The highest BCUT2D eigenvalue weighted by Crippen LogP contribution is 2.36. The summed E-state index contributed by atoms with van der Waals surface area (Å²) < 4.78 is 5.97. The number of hydrogen-bond acceptors (Lipinski definition) is 6. The predicted molar refractivity (Wildman–Crippen MR) is 163 cm³/mol. The molecule has 6 heteroatoms. The second-order valence-electron chi connectivity index (χ2n) is 9.69. The first-order chi connectivity index (χ1) is 20.2. The van der Waals surface area contributed by atoms with Gasteiger partial charge in [0.05, 0.1) is 22.4 Å². The van der Waals surface area contributed by atoms with Gasteiger partial charge in [0.1, 0.15) is 0 Å². The maximum atomic E-state index is 5.97. The molecule has 0 fully saturated rings. The van der Waals surface area contributed by atoms with Crippen LogP contribution in [-0.2, 0) is 0 Å². The van der Waals surface area contributed by atoms with Crippen molar-refractivity contribution in [1.29, 1.82) is 0 Å². The number of anilines is 3. The summed E-state index contributed by atoms with van der Waals surface area (Å²) in [5.74, 6) is 0.986. The van der Waals surface area contributed by atoms with Gasteiger partial charge in [0.25, 0.3) is 0 Å². The van der Waals surface area contributed by atoms with Crippen molar-refractivity contribution in [3.8, 4) is 34.2 Å². The molecule has 7 rings (SSSR count). The number of benzene rings is 5. The van der Waals surface area contributed by atoms with Crippen molar-refractivity contribution < 1.29 is 4.42 Å². The Kier molecular flexibility index (Phi) is 6.26. The highest BCUT2D eigenvalue weighted by atomic mass is 16.4. The Morgan fingerprint density at radius 2 is 0.927 bits per heavy atom. The number of aromatic nitrogens is 4. The second-order valence-corrected chi connectivity index (χ2v) is 9.69. The van der Waals surface area contributed by atoms with Crippen LogP contribution in [0.1, 0.15) is 5.69 Å². The summed E-state index contributed by atoms with van der Waals surface area (Å²) in [6.07, 6.45) is 0. The van der Waals surface area contributed by atoms with Crippen LogP contribution >= 0.6 is 0 Å². The molecule has 0 aliphatic heterocycles. The van der Waals surface area contributed by atoms with Crippen molar-refractivity contribution in [3.63, 3.8) is 0 Å². The quantitative estimate of drug-likeness (QED) is 0.214. The molecule has 0 aliphatic rings. The van der Waals surface area contributed by atoms with Crippen LogP contribution in [-0.4, -0.2) is 20.2 Å².